The Morgan fingerprint density at radius 2 is 2.37 bits per heavy atom. The lowest BCUT2D eigenvalue weighted by Crippen LogP contribution is -2.46. The van der Waals surface area contributed by atoms with E-state index < -0.39 is 57.3 Å². The lowest BCUT2D eigenvalue weighted by molar-refractivity contribution is -0.184. The molecule has 0 aromatic heterocycles. The summed E-state index contributed by atoms with van der Waals surface area (Å²) in [6.07, 6.45) is -4.65. The van der Waals surface area contributed by atoms with E-state index in [0.717, 1.165) is 29.3 Å². The fraction of sp³-hybridized carbons (Fsp3) is 0.389. The summed E-state index contributed by atoms with van der Waals surface area (Å²) in [4.78, 5) is 12.6. The number of carbonyl (C=O) groups is 1. The number of benzene rings is 1. The lowest BCUT2D eigenvalue weighted by Gasteiger charge is -2.34. The fourth-order valence-electron chi connectivity index (χ4n) is 2.91. The van der Waals surface area contributed by atoms with Crippen LogP contribution in [0.15, 0.2) is 42.4 Å². The minimum Gasteiger partial charge on any atom is -0.404 e. The van der Waals surface area contributed by atoms with E-state index in [-0.39, 0.29) is 22.7 Å². The van der Waals surface area contributed by atoms with E-state index in [9.17, 15) is 18.9 Å². The fourth-order valence-corrected chi connectivity index (χ4v) is 4.02. The van der Waals surface area contributed by atoms with E-state index in [1.54, 1.807) is 0 Å². The van der Waals surface area contributed by atoms with Crippen LogP contribution in [0.4, 0.5) is 8.78 Å². The summed E-state index contributed by atoms with van der Waals surface area (Å²) < 4.78 is 86.2. The highest BCUT2D eigenvalue weighted by Crippen LogP contribution is 2.55. The molecule has 3 aliphatic heterocycles. The van der Waals surface area contributed by atoms with Crippen molar-refractivity contribution in [1.29, 1.82) is 0 Å². The SMILES string of the molecule is [2H]C([2H])(OP1(=O)OCc2cc(F)ccc2O1)[C@]1(F)C[C@@H](O)[C@]([2H])(N2C=C(C)C(=O)NC2=C)O1. The smallest absolute Gasteiger partial charge is 0.404 e. The van der Waals surface area contributed by atoms with Crippen molar-refractivity contribution in [2.75, 3.05) is 6.56 Å². The molecule has 3 aliphatic rings. The molecule has 3 heterocycles. The molecule has 0 bridgehead atoms. The maximum atomic E-state index is 15.7. The number of amides is 1. The molecule has 1 amide bonds. The van der Waals surface area contributed by atoms with Crippen molar-refractivity contribution in [2.24, 2.45) is 0 Å². The van der Waals surface area contributed by atoms with Gasteiger partial charge in [-0.3, -0.25) is 13.8 Å². The Labute approximate surface area is 174 Å². The minimum atomic E-state index is -4.76. The monoisotopic (exact) mass is 447 g/mol. The van der Waals surface area contributed by atoms with Crippen LogP contribution in [0.3, 0.4) is 0 Å². The van der Waals surface area contributed by atoms with Crippen molar-refractivity contribution in [1.82, 2.24) is 10.2 Å². The van der Waals surface area contributed by atoms with Gasteiger partial charge in [-0.05, 0) is 25.1 Å². The van der Waals surface area contributed by atoms with Crippen molar-refractivity contribution in [3.63, 3.8) is 0 Å². The first kappa shape index (κ1) is 17.4. The number of hydrogen-bond donors (Lipinski definition) is 2. The van der Waals surface area contributed by atoms with Crippen molar-refractivity contribution in [3.8, 4) is 5.75 Å². The van der Waals surface area contributed by atoms with Crippen LogP contribution >= 0.6 is 7.82 Å². The number of hydrogen-bond acceptors (Lipinski definition) is 8. The molecule has 2 N–H and O–H groups in total. The van der Waals surface area contributed by atoms with Crippen LogP contribution in [0.25, 0.3) is 0 Å². The zero-order chi connectivity index (χ0) is 24.4. The number of rotatable bonds is 4. The minimum absolute atomic E-state index is 0.0870. The van der Waals surface area contributed by atoms with E-state index in [1.807, 2.05) is 0 Å². The Balaban J connectivity index is 1.58. The number of aliphatic hydroxyl groups excluding tert-OH is 1. The number of carbonyl (C=O) groups excluding carboxylic acids is 1. The van der Waals surface area contributed by atoms with E-state index in [0.29, 0.717) is 0 Å². The number of aliphatic hydroxyl groups is 1. The highest BCUT2D eigenvalue weighted by Gasteiger charge is 2.51. The predicted molar refractivity (Wildman–Crippen MR) is 97.6 cm³/mol. The van der Waals surface area contributed by atoms with Gasteiger partial charge in [-0.2, -0.15) is 0 Å². The molecule has 4 atom stereocenters. The van der Waals surface area contributed by atoms with Crippen LogP contribution in [0.1, 0.15) is 23.0 Å². The number of nitrogens with zero attached hydrogens (tertiary/aromatic N) is 1. The number of phosphoric acid groups is 1. The number of alkyl halides is 1. The highest BCUT2D eigenvalue weighted by atomic mass is 31.2. The van der Waals surface area contributed by atoms with Crippen LogP contribution in [0, 0.1) is 5.82 Å². The average Bonchev–Trinajstić information content (AvgIpc) is 2.95. The number of halogens is 2. The first-order valence-electron chi connectivity index (χ1n) is 10.2. The van der Waals surface area contributed by atoms with Gasteiger partial charge in [0.25, 0.3) is 5.91 Å². The second-order valence-corrected chi connectivity index (χ2v) is 8.25. The van der Waals surface area contributed by atoms with Crippen LogP contribution in [-0.4, -0.2) is 40.6 Å². The molecule has 0 radical (unpaired) electrons. The van der Waals surface area contributed by atoms with Crippen molar-refractivity contribution in [2.45, 2.75) is 38.1 Å². The first-order valence-corrected chi connectivity index (χ1v) is 10.1. The molecule has 12 heteroatoms. The molecule has 0 aliphatic carbocycles. The summed E-state index contributed by atoms with van der Waals surface area (Å²) in [7, 11) is -4.76. The molecule has 4 rings (SSSR count). The topological polar surface area (TPSA) is 107 Å². The molecule has 30 heavy (non-hydrogen) atoms. The third-order valence-corrected chi connectivity index (χ3v) is 5.58. The Bertz CT molecular complexity index is 1120. The predicted octanol–water partition coefficient (Wildman–Crippen LogP) is 2.44. The Morgan fingerprint density at radius 1 is 1.60 bits per heavy atom. The van der Waals surface area contributed by atoms with Crippen molar-refractivity contribution in [3.05, 3.63) is 53.8 Å². The second kappa shape index (κ2) is 7.44. The normalized spacial score (nSPS) is 38.0. The summed E-state index contributed by atoms with van der Waals surface area (Å²) >= 11 is 0. The van der Waals surface area contributed by atoms with Crippen LogP contribution < -0.4 is 9.84 Å². The number of ether oxygens (including phenoxy) is 1. The molecule has 1 fully saturated rings. The second-order valence-electron chi connectivity index (χ2n) is 6.73. The molecule has 1 unspecified atom stereocenters. The maximum absolute atomic E-state index is 15.7. The highest BCUT2D eigenvalue weighted by molar-refractivity contribution is 7.49. The molecule has 1 aromatic carbocycles. The standard InChI is InChI=1S/C18H19F2N2O7P/c1-10-7-22(11(2)21-16(10)24)17-14(23)6-18(20,28-17)9-27-30(25)26-8-12-5-13(19)3-4-15(12)29-30/h3-5,7,14,17,23H,2,6,8-9H2,1H3,(H,21,24)/t14-,17-,18+,30?/m1/s1/i9D2,17D. The Morgan fingerprint density at radius 3 is 3.13 bits per heavy atom. The summed E-state index contributed by atoms with van der Waals surface area (Å²) in [5, 5.41) is 12.7. The van der Waals surface area contributed by atoms with E-state index >= 15 is 4.39 Å². The lowest BCUT2D eigenvalue weighted by atomic mass is 10.1. The first-order chi connectivity index (χ1) is 15.2. The maximum Gasteiger partial charge on any atom is 0.530 e. The van der Waals surface area contributed by atoms with E-state index in [4.69, 9.17) is 22.4 Å². The van der Waals surface area contributed by atoms with E-state index in [1.165, 1.54) is 6.92 Å². The Hall–Kier alpha value is -2.30. The van der Waals surface area contributed by atoms with Crippen molar-refractivity contribution >= 4 is 13.7 Å². The van der Waals surface area contributed by atoms with Gasteiger partial charge in [0.1, 0.15) is 30.1 Å². The number of nitrogens with one attached hydrogen (secondary N) is 1. The van der Waals surface area contributed by atoms with Gasteiger partial charge in [-0.25, -0.2) is 13.3 Å². The van der Waals surface area contributed by atoms with Gasteiger partial charge in [-0.1, -0.05) is 6.58 Å². The van der Waals surface area contributed by atoms with Gasteiger partial charge < -0.3 is 24.6 Å². The molecule has 162 valence electrons. The van der Waals surface area contributed by atoms with Gasteiger partial charge in [0.2, 0.25) is 5.85 Å². The van der Waals surface area contributed by atoms with Crippen LogP contribution in [0.2, 0.25) is 0 Å². The molecular formula is C18H19F2N2O7P. The molecule has 9 nitrogen and oxygen atoms in total. The molecule has 0 spiro atoms. The molecule has 1 aromatic rings. The van der Waals surface area contributed by atoms with E-state index in [2.05, 4.69) is 11.9 Å². The van der Waals surface area contributed by atoms with Crippen LogP contribution in [-0.2, 0) is 29.8 Å². The van der Waals surface area contributed by atoms with Crippen LogP contribution in [0.5, 0.6) is 5.75 Å². The summed E-state index contributed by atoms with van der Waals surface area (Å²) in [6.45, 7) is 0.891. The largest absolute Gasteiger partial charge is 0.530 e. The molecule has 0 saturated carbocycles. The zero-order valence-electron chi connectivity index (χ0n) is 18.6. The van der Waals surface area contributed by atoms with Gasteiger partial charge in [0, 0.05) is 23.8 Å². The third kappa shape index (κ3) is 3.99. The Kier molecular flexibility index (Phi) is 4.31. The summed E-state index contributed by atoms with van der Waals surface area (Å²) in [6, 6.07) is 3.18. The van der Waals surface area contributed by atoms with Gasteiger partial charge in [0.15, 0.2) is 6.20 Å². The van der Waals surface area contributed by atoms with Crippen molar-refractivity contribution < 1.29 is 45.7 Å². The van der Waals surface area contributed by atoms with Gasteiger partial charge in [0.05, 0.1) is 10.7 Å². The number of fused-ring (bicyclic) bond motifs is 1. The van der Waals surface area contributed by atoms with Gasteiger partial charge in [-0.15, -0.1) is 0 Å². The zero-order valence-corrected chi connectivity index (χ0v) is 16.4. The molecular weight excluding hydrogens is 425 g/mol. The average molecular weight is 447 g/mol. The summed E-state index contributed by atoms with van der Waals surface area (Å²) in [5.41, 5.74) is 0.259. The quantitative estimate of drug-likeness (QED) is 0.678. The number of phosphoric ester groups is 1. The third-order valence-electron chi connectivity index (χ3n) is 4.39. The van der Waals surface area contributed by atoms with Gasteiger partial charge >= 0.3 is 7.82 Å². The molecule has 1 saturated heterocycles. The summed E-state index contributed by atoms with van der Waals surface area (Å²) in [5.74, 6) is -5.00.